The van der Waals surface area contributed by atoms with Crippen LogP contribution in [0.4, 0.5) is 0 Å². The fourth-order valence-corrected chi connectivity index (χ4v) is 1.13. The molecule has 1 N–H and O–H groups in total. The van der Waals surface area contributed by atoms with Gasteiger partial charge in [-0.3, -0.25) is 10.1 Å². The largest absolute Gasteiger partial charge is 0.370 e. The molecule has 0 spiro atoms. The molecule has 0 saturated heterocycles. The molecule has 0 aromatic carbocycles. The molecule has 0 amide bonds. The van der Waals surface area contributed by atoms with Gasteiger partial charge in [-0.15, -0.1) is 11.8 Å². The lowest BCUT2D eigenvalue weighted by atomic mass is 10.6. The van der Waals surface area contributed by atoms with Crippen LogP contribution in [-0.4, -0.2) is 38.2 Å². The van der Waals surface area contributed by atoms with Crippen LogP contribution in [0.1, 0.15) is 0 Å². The highest BCUT2D eigenvalue weighted by molar-refractivity contribution is 8.02. The number of ether oxygens (including phenoxy) is 2. The molecular formula is C7H14N2O4S. The molecule has 0 atom stereocenters. The van der Waals surface area contributed by atoms with Gasteiger partial charge in [-0.05, 0) is 6.26 Å². The number of hydrogen-bond donors (Lipinski definition) is 1. The first-order chi connectivity index (χ1) is 6.63. The molecule has 0 bridgehead atoms. The molecule has 0 aliphatic heterocycles. The Labute approximate surface area is 86.8 Å². The molecule has 0 aliphatic carbocycles. The predicted octanol–water partition coefficient (Wildman–Crippen LogP) is 0.634. The third-order valence-electron chi connectivity index (χ3n) is 1.41. The minimum atomic E-state index is -0.507. The summed E-state index contributed by atoms with van der Waals surface area (Å²) in [5, 5.41) is 13.5. The van der Waals surface area contributed by atoms with E-state index in [-0.39, 0.29) is 0 Å². The second kappa shape index (κ2) is 7.60. The van der Waals surface area contributed by atoms with Gasteiger partial charge < -0.3 is 14.8 Å². The minimum absolute atomic E-state index is 0.369. The van der Waals surface area contributed by atoms with Crippen LogP contribution in [0.5, 0.6) is 0 Å². The second-order valence-corrected chi connectivity index (χ2v) is 3.11. The van der Waals surface area contributed by atoms with Crippen LogP contribution in [0.2, 0.25) is 0 Å². The quantitative estimate of drug-likeness (QED) is 0.387. The fraction of sp³-hybridized carbons (Fsp3) is 0.714. The zero-order valence-corrected chi connectivity index (χ0v) is 9.17. The Morgan fingerprint density at radius 2 is 2.21 bits per heavy atom. The van der Waals surface area contributed by atoms with Crippen LogP contribution in [0.3, 0.4) is 0 Å². The summed E-state index contributed by atoms with van der Waals surface area (Å²) in [6.45, 7) is 0.369. The van der Waals surface area contributed by atoms with E-state index in [2.05, 4.69) is 5.32 Å². The van der Waals surface area contributed by atoms with E-state index in [0.717, 1.165) is 6.20 Å². The Balaban J connectivity index is 4.00. The van der Waals surface area contributed by atoms with Gasteiger partial charge in [-0.2, -0.15) is 0 Å². The highest BCUT2D eigenvalue weighted by atomic mass is 32.2. The van der Waals surface area contributed by atoms with Crippen molar-refractivity contribution in [2.45, 2.75) is 6.29 Å². The summed E-state index contributed by atoms with van der Waals surface area (Å²) in [6, 6.07) is 0. The summed E-state index contributed by atoms with van der Waals surface area (Å²) in [6.07, 6.45) is 2.25. The van der Waals surface area contributed by atoms with Gasteiger partial charge in [0, 0.05) is 14.2 Å². The molecule has 14 heavy (non-hydrogen) atoms. The van der Waals surface area contributed by atoms with Crippen LogP contribution in [0.25, 0.3) is 0 Å². The Kier molecular flexibility index (Phi) is 7.17. The summed E-state index contributed by atoms with van der Waals surface area (Å²) in [5.74, 6) is 0. The third kappa shape index (κ3) is 5.79. The first-order valence-corrected chi connectivity index (χ1v) is 5.05. The van der Waals surface area contributed by atoms with Gasteiger partial charge >= 0.3 is 0 Å². The zero-order valence-electron chi connectivity index (χ0n) is 8.35. The smallest absolute Gasteiger partial charge is 0.263 e. The third-order valence-corrected chi connectivity index (χ3v) is 2.10. The van der Waals surface area contributed by atoms with Crippen molar-refractivity contribution < 1.29 is 14.4 Å². The lowest BCUT2D eigenvalue weighted by Crippen LogP contribution is -2.28. The van der Waals surface area contributed by atoms with Gasteiger partial charge in [0.25, 0.3) is 6.20 Å². The number of nitrogens with one attached hydrogen (secondary N) is 1. The highest BCUT2D eigenvalue weighted by Gasteiger charge is 2.07. The molecule has 82 valence electrons. The van der Waals surface area contributed by atoms with E-state index in [1.165, 1.54) is 26.0 Å². The van der Waals surface area contributed by atoms with Crippen LogP contribution in [-0.2, 0) is 9.47 Å². The van der Waals surface area contributed by atoms with Crippen molar-refractivity contribution in [1.82, 2.24) is 5.32 Å². The number of thioether (sulfide) groups is 1. The van der Waals surface area contributed by atoms with Gasteiger partial charge in [-0.25, -0.2) is 0 Å². The molecule has 0 aromatic rings. The number of hydrogen-bond acceptors (Lipinski definition) is 6. The molecule has 0 radical (unpaired) electrons. The van der Waals surface area contributed by atoms with Crippen molar-refractivity contribution in [2.24, 2.45) is 0 Å². The number of nitro groups is 1. The molecule has 7 heteroatoms. The standard InChI is InChI=1S/C7H14N2O4S/c1-12-7(13-2)4-8-6(14-3)5-9(10)11/h5,7-8H,4H2,1-3H3. The maximum Gasteiger partial charge on any atom is 0.263 e. The summed E-state index contributed by atoms with van der Waals surface area (Å²) in [5.41, 5.74) is 0. The van der Waals surface area contributed by atoms with Gasteiger partial charge in [-0.1, -0.05) is 0 Å². The number of rotatable bonds is 7. The Morgan fingerprint density at radius 3 is 2.57 bits per heavy atom. The lowest BCUT2D eigenvalue weighted by molar-refractivity contribution is -0.403. The zero-order chi connectivity index (χ0) is 11.0. The Morgan fingerprint density at radius 1 is 1.64 bits per heavy atom. The SMILES string of the molecule is COC(CNC(=C[N+](=O)[O-])SC)OC. The average Bonchev–Trinajstić information content (AvgIpc) is 2.17. The van der Waals surface area contributed by atoms with Crippen molar-refractivity contribution in [3.8, 4) is 0 Å². The van der Waals surface area contributed by atoms with Crippen LogP contribution < -0.4 is 5.32 Å². The van der Waals surface area contributed by atoms with Crippen molar-refractivity contribution in [1.29, 1.82) is 0 Å². The molecule has 0 rings (SSSR count). The van der Waals surface area contributed by atoms with Crippen LogP contribution in [0, 0.1) is 10.1 Å². The molecule has 0 heterocycles. The maximum atomic E-state index is 10.2. The van der Waals surface area contributed by atoms with E-state index in [1.54, 1.807) is 6.26 Å². The Bertz CT molecular complexity index is 206. The summed E-state index contributed by atoms with van der Waals surface area (Å²) < 4.78 is 9.82. The number of methoxy groups -OCH3 is 2. The van der Waals surface area contributed by atoms with Crippen molar-refractivity contribution in [3.63, 3.8) is 0 Å². The summed E-state index contributed by atoms with van der Waals surface area (Å²) in [7, 11) is 3.01. The molecule has 0 aromatic heterocycles. The van der Waals surface area contributed by atoms with Crippen molar-refractivity contribution in [2.75, 3.05) is 27.0 Å². The van der Waals surface area contributed by atoms with Gasteiger partial charge in [0.2, 0.25) is 0 Å². The molecular weight excluding hydrogens is 208 g/mol. The van der Waals surface area contributed by atoms with Crippen LogP contribution in [0.15, 0.2) is 11.2 Å². The molecule has 0 aliphatic rings. The predicted molar refractivity (Wildman–Crippen MR) is 54.4 cm³/mol. The normalized spacial score (nSPS) is 11.9. The van der Waals surface area contributed by atoms with E-state index in [1.807, 2.05) is 0 Å². The molecule has 0 unspecified atom stereocenters. The lowest BCUT2D eigenvalue weighted by Gasteiger charge is -2.14. The van der Waals surface area contributed by atoms with Gasteiger partial charge in [0.15, 0.2) is 6.29 Å². The molecule has 0 fully saturated rings. The Hall–Kier alpha value is -0.790. The fourth-order valence-electron chi connectivity index (χ4n) is 0.713. The van der Waals surface area contributed by atoms with E-state index in [4.69, 9.17) is 9.47 Å². The average molecular weight is 222 g/mol. The topological polar surface area (TPSA) is 73.6 Å². The summed E-state index contributed by atoms with van der Waals surface area (Å²) in [4.78, 5) is 9.66. The second-order valence-electron chi connectivity index (χ2n) is 2.26. The first kappa shape index (κ1) is 13.2. The van der Waals surface area contributed by atoms with Gasteiger partial charge in [0.05, 0.1) is 11.5 Å². The number of nitrogens with zero attached hydrogens (tertiary/aromatic N) is 1. The van der Waals surface area contributed by atoms with Crippen molar-refractivity contribution in [3.05, 3.63) is 21.3 Å². The monoisotopic (exact) mass is 222 g/mol. The van der Waals surface area contributed by atoms with E-state index < -0.39 is 11.2 Å². The van der Waals surface area contributed by atoms with E-state index >= 15 is 0 Å². The molecule has 0 saturated carbocycles. The summed E-state index contributed by atoms with van der Waals surface area (Å²) >= 11 is 1.26. The maximum absolute atomic E-state index is 10.2. The van der Waals surface area contributed by atoms with Crippen molar-refractivity contribution >= 4 is 11.8 Å². The highest BCUT2D eigenvalue weighted by Crippen LogP contribution is 2.07. The first-order valence-electron chi connectivity index (χ1n) is 3.82. The van der Waals surface area contributed by atoms with E-state index in [0.29, 0.717) is 11.6 Å². The minimum Gasteiger partial charge on any atom is -0.370 e. The van der Waals surface area contributed by atoms with Crippen LogP contribution >= 0.6 is 11.8 Å². The molecule has 6 nitrogen and oxygen atoms in total. The van der Waals surface area contributed by atoms with E-state index in [9.17, 15) is 10.1 Å². The van der Waals surface area contributed by atoms with Gasteiger partial charge in [0.1, 0.15) is 5.03 Å².